The Hall–Kier alpha value is -2.48. The van der Waals surface area contributed by atoms with E-state index in [1.807, 2.05) is 38.1 Å². The zero-order valence-corrected chi connectivity index (χ0v) is 19.6. The summed E-state index contributed by atoms with van der Waals surface area (Å²) < 4.78 is 12.0. The molecular formula is C24H27N3O2S2. The molecule has 0 atom stereocenters. The van der Waals surface area contributed by atoms with Crippen LogP contribution >= 0.6 is 23.5 Å². The Balaban J connectivity index is 2.26. The maximum absolute atomic E-state index is 9.93. The molecule has 0 spiro atoms. The number of hydrogen-bond donors (Lipinski definition) is 1. The molecule has 0 amide bonds. The Labute approximate surface area is 192 Å². The smallest absolute Gasteiger partial charge is 0.153 e. The maximum atomic E-state index is 9.93. The highest BCUT2D eigenvalue weighted by molar-refractivity contribution is 8.02. The standard InChI is InChI=1S/C24H27N3O2S2/c1-3-28-21-17(14-25)18(15-26)22(29-4-2)24(31-20-13-9-8-12-19(20)27)23(21)30-16-10-6-5-7-11-16/h8-9,12-13,16H,3-7,10-11,27H2,1-2H3. The van der Waals surface area contributed by atoms with Gasteiger partial charge in [0, 0.05) is 15.8 Å². The van der Waals surface area contributed by atoms with E-state index in [1.54, 1.807) is 11.8 Å². The number of ether oxygens (including phenoxy) is 2. The summed E-state index contributed by atoms with van der Waals surface area (Å²) in [5.41, 5.74) is 7.36. The number of thioether (sulfide) groups is 1. The molecule has 31 heavy (non-hydrogen) atoms. The molecular weight excluding hydrogens is 426 g/mol. The average Bonchev–Trinajstić information content (AvgIpc) is 2.79. The molecule has 3 rings (SSSR count). The number of para-hydroxylation sites is 1. The van der Waals surface area contributed by atoms with Crippen LogP contribution in [-0.4, -0.2) is 18.5 Å². The predicted molar refractivity (Wildman–Crippen MR) is 126 cm³/mol. The summed E-state index contributed by atoms with van der Waals surface area (Å²) in [4.78, 5) is 2.56. The maximum Gasteiger partial charge on any atom is 0.153 e. The highest BCUT2D eigenvalue weighted by Gasteiger charge is 2.30. The number of nitriles is 2. The number of rotatable bonds is 8. The summed E-state index contributed by atoms with van der Waals surface area (Å²) in [7, 11) is 0. The molecule has 1 saturated carbocycles. The first-order valence-corrected chi connectivity index (χ1v) is 12.3. The van der Waals surface area contributed by atoms with Crippen LogP contribution < -0.4 is 15.2 Å². The van der Waals surface area contributed by atoms with Gasteiger partial charge in [0.15, 0.2) is 11.5 Å². The lowest BCUT2D eigenvalue weighted by Crippen LogP contribution is -2.11. The SMILES string of the molecule is CCOc1c(C#N)c(C#N)c(OCC)c(SC2CCCCC2)c1Sc1ccccc1N. The van der Waals surface area contributed by atoms with Gasteiger partial charge in [-0.3, -0.25) is 0 Å². The van der Waals surface area contributed by atoms with Crippen molar-refractivity contribution in [2.45, 2.75) is 65.9 Å². The van der Waals surface area contributed by atoms with Crippen LogP contribution in [0.3, 0.4) is 0 Å². The molecule has 0 unspecified atom stereocenters. The summed E-state index contributed by atoms with van der Waals surface area (Å²) in [6.45, 7) is 4.56. The van der Waals surface area contributed by atoms with Crippen LogP contribution in [0.5, 0.6) is 11.5 Å². The normalized spacial score (nSPS) is 13.9. The van der Waals surface area contributed by atoms with Crippen molar-refractivity contribution in [1.29, 1.82) is 10.5 Å². The molecule has 162 valence electrons. The van der Waals surface area contributed by atoms with Gasteiger partial charge in [-0.1, -0.05) is 43.2 Å². The lowest BCUT2D eigenvalue weighted by Gasteiger charge is -2.26. The topological polar surface area (TPSA) is 92.1 Å². The zero-order chi connectivity index (χ0) is 22.2. The van der Waals surface area contributed by atoms with Gasteiger partial charge in [0.2, 0.25) is 0 Å². The molecule has 1 aliphatic rings. The van der Waals surface area contributed by atoms with Gasteiger partial charge < -0.3 is 15.2 Å². The van der Waals surface area contributed by atoms with Crippen molar-refractivity contribution in [1.82, 2.24) is 0 Å². The van der Waals surface area contributed by atoms with E-state index in [0.717, 1.165) is 27.5 Å². The third-order valence-corrected chi connectivity index (χ3v) is 7.84. The van der Waals surface area contributed by atoms with Gasteiger partial charge in [0.05, 0.1) is 23.0 Å². The van der Waals surface area contributed by atoms with Crippen molar-refractivity contribution < 1.29 is 9.47 Å². The fourth-order valence-electron chi connectivity index (χ4n) is 3.67. The van der Waals surface area contributed by atoms with E-state index in [2.05, 4.69) is 12.1 Å². The molecule has 0 saturated heterocycles. The number of nitrogen functional groups attached to an aromatic ring is 1. The minimum atomic E-state index is 0.220. The molecule has 1 aliphatic carbocycles. The van der Waals surface area contributed by atoms with E-state index in [-0.39, 0.29) is 11.1 Å². The highest BCUT2D eigenvalue weighted by atomic mass is 32.2. The van der Waals surface area contributed by atoms with Gasteiger partial charge in [-0.15, -0.1) is 11.8 Å². The van der Waals surface area contributed by atoms with Crippen molar-refractivity contribution in [2.24, 2.45) is 0 Å². The minimum Gasteiger partial charge on any atom is -0.491 e. The monoisotopic (exact) mass is 453 g/mol. The third kappa shape index (κ3) is 5.23. The Kier molecular flexibility index (Phi) is 8.40. The quantitative estimate of drug-likeness (QED) is 0.463. The van der Waals surface area contributed by atoms with Crippen molar-refractivity contribution in [3.05, 3.63) is 35.4 Å². The summed E-state index contributed by atoms with van der Waals surface area (Å²) >= 11 is 3.22. The molecule has 0 radical (unpaired) electrons. The van der Waals surface area contributed by atoms with Crippen LogP contribution in [0.1, 0.15) is 57.1 Å². The minimum absolute atomic E-state index is 0.220. The van der Waals surface area contributed by atoms with E-state index < -0.39 is 0 Å². The predicted octanol–water partition coefficient (Wildman–Crippen LogP) is 6.39. The van der Waals surface area contributed by atoms with Crippen molar-refractivity contribution in [3.63, 3.8) is 0 Å². The zero-order valence-electron chi connectivity index (χ0n) is 17.9. The number of nitrogens with two attached hydrogens (primary N) is 1. The van der Waals surface area contributed by atoms with Crippen molar-refractivity contribution in [3.8, 4) is 23.6 Å². The number of anilines is 1. The Morgan fingerprint density at radius 3 is 2.06 bits per heavy atom. The second-order valence-corrected chi connectivity index (χ2v) is 9.54. The molecule has 2 N–H and O–H groups in total. The fourth-order valence-corrected chi connectivity index (χ4v) is 6.30. The second kappa shape index (κ2) is 11.2. The van der Waals surface area contributed by atoms with Crippen LogP contribution in [0.25, 0.3) is 0 Å². The van der Waals surface area contributed by atoms with E-state index in [0.29, 0.717) is 35.7 Å². The van der Waals surface area contributed by atoms with Gasteiger partial charge in [0.1, 0.15) is 23.3 Å². The lowest BCUT2D eigenvalue weighted by atomic mass is 10.0. The number of nitrogens with zero attached hydrogens (tertiary/aromatic N) is 2. The van der Waals surface area contributed by atoms with Crippen LogP contribution in [0.15, 0.2) is 39.0 Å². The summed E-state index contributed by atoms with van der Waals surface area (Å²) in [5, 5.41) is 20.3. The average molecular weight is 454 g/mol. The lowest BCUT2D eigenvalue weighted by molar-refractivity contribution is 0.313. The summed E-state index contributed by atoms with van der Waals surface area (Å²) in [6, 6.07) is 12.0. The van der Waals surface area contributed by atoms with Gasteiger partial charge in [-0.05, 0) is 38.8 Å². The largest absolute Gasteiger partial charge is 0.491 e. The summed E-state index contributed by atoms with van der Waals surface area (Å²) in [5.74, 6) is 0.925. The van der Waals surface area contributed by atoms with Crippen LogP contribution in [0, 0.1) is 22.7 Å². The Morgan fingerprint density at radius 2 is 1.52 bits per heavy atom. The van der Waals surface area contributed by atoms with E-state index in [9.17, 15) is 10.5 Å². The van der Waals surface area contributed by atoms with Gasteiger partial charge in [0.25, 0.3) is 0 Å². The Bertz CT molecular complexity index is 1010. The number of hydrogen-bond acceptors (Lipinski definition) is 7. The van der Waals surface area contributed by atoms with Crippen molar-refractivity contribution in [2.75, 3.05) is 18.9 Å². The third-order valence-electron chi connectivity index (χ3n) is 5.09. The van der Waals surface area contributed by atoms with Gasteiger partial charge >= 0.3 is 0 Å². The molecule has 0 heterocycles. The fraction of sp³-hybridized carbons (Fsp3) is 0.417. The first kappa shape index (κ1) is 23.2. The van der Waals surface area contributed by atoms with Crippen molar-refractivity contribution >= 4 is 29.2 Å². The van der Waals surface area contributed by atoms with Crippen LogP contribution in [0.4, 0.5) is 5.69 Å². The molecule has 5 nitrogen and oxygen atoms in total. The molecule has 0 bridgehead atoms. The summed E-state index contributed by atoms with van der Waals surface area (Å²) in [6.07, 6.45) is 5.92. The first-order valence-electron chi connectivity index (χ1n) is 10.6. The van der Waals surface area contributed by atoms with Gasteiger partial charge in [-0.2, -0.15) is 10.5 Å². The molecule has 0 aromatic heterocycles. The molecule has 2 aromatic rings. The van der Waals surface area contributed by atoms with Crippen LogP contribution in [-0.2, 0) is 0 Å². The van der Waals surface area contributed by atoms with Gasteiger partial charge in [-0.25, -0.2) is 0 Å². The van der Waals surface area contributed by atoms with E-state index >= 15 is 0 Å². The molecule has 2 aromatic carbocycles. The first-order chi connectivity index (χ1) is 15.1. The molecule has 1 fully saturated rings. The highest BCUT2D eigenvalue weighted by Crippen LogP contribution is 2.53. The van der Waals surface area contributed by atoms with E-state index in [4.69, 9.17) is 15.2 Å². The van der Waals surface area contributed by atoms with E-state index in [1.165, 1.54) is 31.0 Å². The number of benzene rings is 2. The second-order valence-electron chi connectivity index (χ2n) is 7.17. The van der Waals surface area contributed by atoms with Crippen LogP contribution in [0.2, 0.25) is 0 Å². The Morgan fingerprint density at radius 1 is 0.935 bits per heavy atom. The molecule has 7 heteroatoms. The molecule has 0 aliphatic heterocycles.